The SMILES string of the molecule is CC12C3c4ccccc4C1c1ccc(N(c4ccccc4)c4ccc(-c5ccccc5)cc4)cc1C2c1ccccc13. The predicted molar refractivity (Wildman–Crippen MR) is 173 cm³/mol. The van der Waals surface area contributed by atoms with Gasteiger partial charge in [-0.3, -0.25) is 0 Å². The van der Waals surface area contributed by atoms with E-state index >= 15 is 0 Å². The third-order valence-corrected chi connectivity index (χ3v) is 10.3. The topological polar surface area (TPSA) is 3.24 Å². The van der Waals surface area contributed by atoms with Crippen LogP contribution in [0, 0.1) is 5.41 Å². The van der Waals surface area contributed by atoms with Crippen molar-refractivity contribution in [3.8, 4) is 11.1 Å². The zero-order valence-electron chi connectivity index (χ0n) is 23.6. The van der Waals surface area contributed by atoms with Crippen molar-refractivity contribution in [2.24, 2.45) is 5.41 Å². The molecule has 0 aromatic heterocycles. The molecule has 0 radical (unpaired) electrons. The summed E-state index contributed by atoms with van der Waals surface area (Å²) in [6.07, 6.45) is 0. The third kappa shape index (κ3) is 3.14. The van der Waals surface area contributed by atoms with Crippen molar-refractivity contribution in [2.45, 2.75) is 24.7 Å². The van der Waals surface area contributed by atoms with Crippen molar-refractivity contribution in [2.75, 3.05) is 4.90 Å². The highest BCUT2D eigenvalue weighted by Gasteiger charge is 2.64. The summed E-state index contributed by atoms with van der Waals surface area (Å²) in [5.41, 5.74) is 15.2. The summed E-state index contributed by atoms with van der Waals surface area (Å²) < 4.78 is 0. The zero-order chi connectivity index (χ0) is 27.8. The summed E-state index contributed by atoms with van der Waals surface area (Å²) in [7, 11) is 0. The first kappa shape index (κ1) is 23.8. The Kier molecular flexibility index (Phi) is 4.99. The van der Waals surface area contributed by atoms with E-state index in [-0.39, 0.29) is 5.41 Å². The van der Waals surface area contributed by atoms with Gasteiger partial charge in [0.1, 0.15) is 0 Å². The Labute approximate surface area is 247 Å². The second-order valence-corrected chi connectivity index (χ2v) is 12.3. The molecule has 3 aliphatic carbocycles. The van der Waals surface area contributed by atoms with E-state index < -0.39 is 0 Å². The molecule has 1 heteroatoms. The first-order chi connectivity index (χ1) is 20.7. The van der Waals surface area contributed by atoms with Crippen LogP contribution in [-0.2, 0) is 0 Å². The lowest BCUT2D eigenvalue weighted by atomic mass is 9.70. The first-order valence-electron chi connectivity index (χ1n) is 15.1. The summed E-state index contributed by atoms with van der Waals surface area (Å²) >= 11 is 0. The Morgan fingerprint density at radius 3 is 1.36 bits per heavy atom. The number of anilines is 3. The molecule has 200 valence electrons. The molecule has 0 N–H and O–H groups in total. The van der Waals surface area contributed by atoms with Crippen LogP contribution >= 0.6 is 0 Å². The normalized spacial score (nSPS) is 22.3. The van der Waals surface area contributed by atoms with Crippen LogP contribution in [-0.4, -0.2) is 0 Å². The quantitative estimate of drug-likeness (QED) is 0.216. The Morgan fingerprint density at radius 2 is 0.786 bits per heavy atom. The fourth-order valence-corrected chi connectivity index (χ4v) is 8.76. The smallest absolute Gasteiger partial charge is 0.0464 e. The highest BCUT2D eigenvalue weighted by Crippen LogP contribution is 2.76. The highest BCUT2D eigenvalue weighted by atomic mass is 15.1. The maximum absolute atomic E-state index is 2.56. The molecule has 0 spiro atoms. The molecule has 0 aliphatic heterocycles. The van der Waals surface area contributed by atoms with Crippen LogP contribution in [0.5, 0.6) is 0 Å². The van der Waals surface area contributed by atoms with Gasteiger partial charge in [0, 0.05) is 40.2 Å². The minimum Gasteiger partial charge on any atom is -0.310 e. The number of hydrogen-bond donors (Lipinski definition) is 0. The maximum atomic E-state index is 2.56. The zero-order valence-corrected chi connectivity index (χ0v) is 23.6. The second-order valence-electron chi connectivity index (χ2n) is 12.3. The van der Waals surface area contributed by atoms with Crippen LogP contribution in [0.3, 0.4) is 0 Å². The van der Waals surface area contributed by atoms with Gasteiger partial charge in [-0.15, -0.1) is 0 Å². The minimum atomic E-state index is 0.114. The monoisotopic (exact) mass is 537 g/mol. The van der Waals surface area contributed by atoms with E-state index in [2.05, 4.69) is 163 Å². The molecule has 42 heavy (non-hydrogen) atoms. The van der Waals surface area contributed by atoms with Crippen LogP contribution in [0.15, 0.2) is 152 Å². The molecule has 0 bridgehead atoms. The Hall–Kier alpha value is -4.88. The molecule has 0 amide bonds. The molecule has 3 aliphatic rings. The summed E-state index contributed by atoms with van der Waals surface area (Å²) in [6.45, 7) is 2.56. The Morgan fingerprint density at radius 1 is 0.381 bits per heavy atom. The fourth-order valence-electron chi connectivity index (χ4n) is 8.76. The van der Waals surface area contributed by atoms with Gasteiger partial charge in [0.2, 0.25) is 0 Å². The molecule has 0 saturated carbocycles. The van der Waals surface area contributed by atoms with Gasteiger partial charge in [-0.25, -0.2) is 0 Å². The van der Waals surface area contributed by atoms with Gasteiger partial charge in [0.05, 0.1) is 0 Å². The number of hydrogen-bond acceptors (Lipinski definition) is 1. The standard InChI is InChI=1S/C41H31N/c1-41-38-32-16-8-9-17-33(32)39(41)36-25-24-31(26-37(36)40(41)35-19-11-10-18-34(35)38)42(29-14-6-3-7-15-29)30-22-20-28(21-23-30)27-12-4-2-5-13-27/h2-26,38-40H,1H3. The van der Waals surface area contributed by atoms with Crippen molar-refractivity contribution in [1.29, 1.82) is 0 Å². The van der Waals surface area contributed by atoms with Gasteiger partial charge in [-0.05, 0) is 80.9 Å². The van der Waals surface area contributed by atoms with E-state index in [9.17, 15) is 0 Å². The number of para-hydroxylation sites is 1. The summed E-state index contributed by atoms with van der Waals surface area (Å²) in [5, 5.41) is 0. The van der Waals surface area contributed by atoms with E-state index in [4.69, 9.17) is 0 Å². The van der Waals surface area contributed by atoms with Crippen LogP contribution in [0.4, 0.5) is 17.1 Å². The third-order valence-electron chi connectivity index (χ3n) is 10.3. The molecular weight excluding hydrogens is 506 g/mol. The summed E-state index contributed by atoms with van der Waals surface area (Å²) in [6, 6.07) is 56.2. The molecular formula is C41H31N. The number of fused-ring (bicyclic) bond motifs is 9. The molecule has 0 heterocycles. The summed E-state index contributed by atoms with van der Waals surface area (Å²) in [5.74, 6) is 1.23. The van der Waals surface area contributed by atoms with Gasteiger partial charge in [0.25, 0.3) is 0 Å². The number of benzene rings is 6. The largest absolute Gasteiger partial charge is 0.310 e. The molecule has 4 unspecified atom stereocenters. The van der Waals surface area contributed by atoms with Crippen molar-refractivity contribution in [3.63, 3.8) is 0 Å². The van der Waals surface area contributed by atoms with E-state index in [0.717, 1.165) is 0 Å². The first-order valence-corrected chi connectivity index (χ1v) is 15.1. The lowest BCUT2D eigenvalue weighted by Gasteiger charge is -2.31. The van der Waals surface area contributed by atoms with Crippen molar-refractivity contribution in [1.82, 2.24) is 0 Å². The van der Waals surface area contributed by atoms with Crippen LogP contribution in [0.2, 0.25) is 0 Å². The van der Waals surface area contributed by atoms with Gasteiger partial charge in [0.15, 0.2) is 0 Å². The number of nitrogens with zero attached hydrogens (tertiary/aromatic N) is 1. The van der Waals surface area contributed by atoms with Crippen molar-refractivity contribution in [3.05, 3.63) is 185 Å². The van der Waals surface area contributed by atoms with Gasteiger partial charge < -0.3 is 4.90 Å². The second kappa shape index (κ2) is 8.81. The van der Waals surface area contributed by atoms with E-state index in [1.165, 1.54) is 61.6 Å². The Bertz CT molecular complexity index is 1950. The number of rotatable bonds is 4. The highest BCUT2D eigenvalue weighted by molar-refractivity contribution is 5.80. The molecule has 0 fully saturated rings. The van der Waals surface area contributed by atoms with E-state index in [0.29, 0.717) is 17.8 Å². The average Bonchev–Trinajstić information content (AvgIpc) is 3.58. The maximum Gasteiger partial charge on any atom is 0.0464 e. The van der Waals surface area contributed by atoms with Crippen LogP contribution in [0.25, 0.3) is 11.1 Å². The van der Waals surface area contributed by atoms with Gasteiger partial charge in [-0.1, -0.05) is 122 Å². The van der Waals surface area contributed by atoms with E-state index in [1.807, 2.05) is 0 Å². The lowest BCUT2D eigenvalue weighted by molar-refractivity contribution is 0.288. The van der Waals surface area contributed by atoms with Crippen LogP contribution in [0.1, 0.15) is 58.1 Å². The molecule has 1 nitrogen and oxygen atoms in total. The molecule has 6 aromatic carbocycles. The molecule has 4 atom stereocenters. The fraction of sp³-hybridized carbons (Fsp3) is 0.122. The van der Waals surface area contributed by atoms with Crippen molar-refractivity contribution < 1.29 is 0 Å². The van der Waals surface area contributed by atoms with E-state index in [1.54, 1.807) is 0 Å². The van der Waals surface area contributed by atoms with Crippen LogP contribution < -0.4 is 4.90 Å². The predicted octanol–water partition coefficient (Wildman–Crippen LogP) is 10.6. The summed E-state index contributed by atoms with van der Waals surface area (Å²) in [4.78, 5) is 2.41. The minimum absolute atomic E-state index is 0.114. The van der Waals surface area contributed by atoms with Gasteiger partial charge >= 0.3 is 0 Å². The molecule has 0 saturated heterocycles. The average molecular weight is 538 g/mol. The van der Waals surface area contributed by atoms with Gasteiger partial charge in [-0.2, -0.15) is 0 Å². The molecule has 9 rings (SSSR count). The lowest BCUT2D eigenvalue weighted by Crippen LogP contribution is -2.23. The Balaban J connectivity index is 1.22. The molecule has 6 aromatic rings. The van der Waals surface area contributed by atoms with Crippen molar-refractivity contribution >= 4 is 17.1 Å².